The predicted molar refractivity (Wildman–Crippen MR) is 127 cm³/mol. The summed E-state index contributed by atoms with van der Waals surface area (Å²) in [6.45, 7) is 1.10. The maximum atomic E-state index is 3.81. The van der Waals surface area contributed by atoms with E-state index in [1.54, 1.807) is 0 Å². The van der Waals surface area contributed by atoms with Crippen LogP contribution in [0.15, 0.2) is 109 Å². The molecule has 1 atom stereocenters. The summed E-state index contributed by atoms with van der Waals surface area (Å²) in [5.74, 6) is 0.306. The summed E-state index contributed by atoms with van der Waals surface area (Å²) in [6, 6.07) is 40.0. The van der Waals surface area contributed by atoms with Gasteiger partial charge in [-0.05, 0) is 52.8 Å². The summed E-state index contributed by atoms with van der Waals surface area (Å²) in [5, 5.41) is 3.81. The van der Waals surface area contributed by atoms with E-state index < -0.39 is 0 Å². The Morgan fingerprint density at radius 1 is 0.567 bits per heavy atom. The second kappa shape index (κ2) is 8.69. The van der Waals surface area contributed by atoms with Crippen LogP contribution in [0.4, 0.5) is 0 Å². The van der Waals surface area contributed by atoms with Crippen LogP contribution in [-0.4, -0.2) is 12.6 Å². The van der Waals surface area contributed by atoms with Crippen molar-refractivity contribution < 1.29 is 0 Å². The van der Waals surface area contributed by atoms with Crippen LogP contribution in [0.3, 0.4) is 0 Å². The van der Waals surface area contributed by atoms with Gasteiger partial charge in [-0.2, -0.15) is 0 Å². The van der Waals surface area contributed by atoms with Crippen LogP contribution in [0.2, 0.25) is 0 Å². The molecule has 1 nitrogen and oxygen atoms in total. The molecule has 1 heterocycles. The van der Waals surface area contributed by atoms with E-state index in [9.17, 15) is 0 Å². The van der Waals surface area contributed by atoms with Crippen molar-refractivity contribution in [3.05, 3.63) is 120 Å². The van der Waals surface area contributed by atoms with Gasteiger partial charge in [-0.25, -0.2) is 0 Å². The van der Waals surface area contributed by atoms with E-state index in [0.717, 1.165) is 6.54 Å². The highest BCUT2D eigenvalue weighted by atomic mass is 14.9. The molecule has 0 spiro atoms. The fourth-order valence-corrected chi connectivity index (χ4v) is 4.89. The first-order chi connectivity index (χ1) is 14.9. The van der Waals surface area contributed by atoms with Gasteiger partial charge in [-0.1, -0.05) is 109 Å². The SMILES string of the molecule is c1ccc(-c2ccccc2C(c2ccccc2-c2ccccc2)[C@H]2CCCN2)cc1. The first kappa shape index (κ1) is 18.8. The van der Waals surface area contributed by atoms with E-state index >= 15 is 0 Å². The van der Waals surface area contributed by atoms with E-state index in [2.05, 4.69) is 115 Å². The lowest BCUT2D eigenvalue weighted by molar-refractivity contribution is 0.542. The zero-order valence-corrected chi connectivity index (χ0v) is 17.2. The minimum atomic E-state index is 0.306. The molecule has 4 aromatic carbocycles. The van der Waals surface area contributed by atoms with E-state index in [0.29, 0.717) is 12.0 Å². The van der Waals surface area contributed by atoms with Crippen LogP contribution in [0.5, 0.6) is 0 Å². The molecule has 0 aliphatic carbocycles. The molecule has 5 rings (SSSR count). The molecule has 0 aromatic heterocycles. The van der Waals surface area contributed by atoms with Crippen molar-refractivity contribution in [2.24, 2.45) is 0 Å². The molecule has 30 heavy (non-hydrogen) atoms. The van der Waals surface area contributed by atoms with Crippen molar-refractivity contribution in [2.75, 3.05) is 6.54 Å². The third-order valence-electron chi connectivity index (χ3n) is 6.26. The molecular formula is C29H27N. The van der Waals surface area contributed by atoms with Crippen LogP contribution < -0.4 is 5.32 Å². The van der Waals surface area contributed by atoms with Crippen LogP contribution in [0.25, 0.3) is 22.3 Å². The Bertz CT molecular complexity index is 1010. The molecule has 1 heteroatoms. The molecule has 1 fully saturated rings. The van der Waals surface area contributed by atoms with Gasteiger partial charge >= 0.3 is 0 Å². The van der Waals surface area contributed by atoms with E-state index in [1.807, 2.05) is 0 Å². The highest BCUT2D eigenvalue weighted by Crippen LogP contribution is 2.41. The topological polar surface area (TPSA) is 12.0 Å². The van der Waals surface area contributed by atoms with Crippen LogP contribution in [-0.2, 0) is 0 Å². The van der Waals surface area contributed by atoms with Gasteiger partial charge in [0.25, 0.3) is 0 Å². The molecule has 1 aliphatic rings. The molecule has 4 aromatic rings. The van der Waals surface area contributed by atoms with Crippen LogP contribution in [0.1, 0.15) is 29.9 Å². The number of nitrogens with one attached hydrogen (secondary N) is 1. The normalized spacial score (nSPS) is 16.1. The summed E-state index contributed by atoms with van der Waals surface area (Å²) in [7, 11) is 0. The molecule has 1 aliphatic heterocycles. The number of rotatable bonds is 5. The Kier molecular flexibility index (Phi) is 5.46. The van der Waals surface area contributed by atoms with E-state index in [4.69, 9.17) is 0 Å². The summed E-state index contributed by atoms with van der Waals surface area (Å²) < 4.78 is 0. The van der Waals surface area contributed by atoms with Gasteiger partial charge in [0.2, 0.25) is 0 Å². The zero-order chi connectivity index (χ0) is 20.2. The van der Waals surface area contributed by atoms with E-state index in [1.165, 1.54) is 46.2 Å². The van der Waals surface area contributed by atoms with Gasteiger partial charge in [0.05, 0.1) is 0 Å². The first-order valence-electron chi connectivity index (χ1n) is 10.9. The van der Waals surface area contributed by atoms with Gasteiger partial charge in [0, 0.05) is 12.0 Å². The monoisotopic (exact) mass is 389 g/mol. The quantitative estimate of drug-likeness (QED) is 0.391. The number of hydrogen-bond acceptors (Lipinski definition) is 1. The van der Waals surface area contributed by atoms with E-state index in [-0.39, 0.29) is 0 Å². The Balaban J connectivity index is 1.70. The Morgan fingerprint density at radius 3 is 1.50 bits per heavy atom. The van der Waals surface area contributed by atoms with Crippen molar-refractivity contribution in [2.45, 2.75) is 24.8 Å². The minimum absolute atomic E-state index is 0.306. The lowest BCUT2D eigenvalue weighted by Gasteiger charge is -2.29. The molecule has 0 bridgehead atoms. The Labute approximate surface area is 179 Å². The summed E-state index contributed by atoms with van der Waals surface area (Å²) in [5.41, 5.74) is 8.05. The highest BCUT2D eigenvalue weighted by molar-refractivity contribution is 5.73. The molecule has 1 N–H and O–H groups in total. The minimum Gasteiger partial charge on any atom is -0.313 e. The van der Waals surface area contributed by atoms with Crippen molar-refractivity contribution in [3.63, 3.8) is 0 Å². The average molecular weight is 390 g/mol. The fraction of sp³-hybridized carbons (Fsp3) is 0.172. The predicted octanol–water partition coefficient (Wildman–Crippen LogP) is 6.90. The third-order valence-corrected chi connectivity index (χ3v) is 6.26. The van der Waals surface area contributed by atoms with Gasteiger partial charge in [0.1, 0.15) is 0 Å². The summed E-state index contributed by atoms with van der Waals surface area (Å²) in [6.07, 6.45) is 2.44. The lowest BCUT2D eigenvalue weighted by Crippen LogP contribution is -2.30. The van der Waals surface area contributed by atoms with Gasteiger partial charge in [-0.15, -0.1) is 0 Å². The molecule has 0 unspecified atom stereocenters. The molecule has 0 amide bonds. The highest BCUT2D eigenvalue weighted by Gasteiger charge is 2.30. The Morgan fingerprint density at radius 2 is 1.03 bits per heavy atom. The summed E-state index contributed by atoms with van der Waals surface area (Å²) >= 11 is 0. The molecule has 148 valence electrons. The maximum absolute atomic E-state index is 3.81. The van der Waals surface area contributed by atoms with Gasteiger partial charge in [-0.3, -0.25) is 0 Å². The molecule has 1 saturated heterocycles. The van der Waals surface area contributed by atoms with Gasteiger partial charge in [0.15, 0.2) is 0 Å². The van der Waals surface area contributed by atoms with Crippen molar-refractivity contribution in [1.82, 2.24) is 5.32 Å². The average Bonchev–Trinajstić information content (AvgIpc) is 3.36. The molecular weight excluding hydrogens is 362 g/mol. The largest absolute Gasteiger partial charge is 0.313 e. The van der Waals surface area contributed by atoms with Gasteiger partial charge < -0.3 is 5.32 Å². The number of hydrogen-bond donors (Lipinski definition) is 1. The second-order valence-corrected chi connectivity index (χ2v) is 8.09. The van der Waals surface area contributed by atoms with Crippen LogP contribution >= 0.6 is 0 Å². The fourth-order valence-electron chi connectivity index (χ4n) is 4.89. The first-order valence-corrected chi connectivity index (χ1v) is 10.9. The van der Waals surface area contributed by atoms with Crippen LogP contribution in [0, 0.1) is 0 Å². The Hall–Kier alpha value is -3.16. The standard InChI is InChI=1S/C29H27N/c1-3-12-22(13-4-1)24-16-7-9-18-26(24)29(28-20-11-21-30-28)27-19-10-8-17-25(27)23-14-5-2-6-15-23/h1-10,12-19,28-30H,11,20-21H2/t28-/m1/s1. The zero-order valence-electron chi connectivity index (χ0n) is 17.2. The second-order valence-electron chi connectivity index (χ2n) is 8.09. The smallest absolute Gasteiger partial charge is 0.0255 e. The molecule has 0 radical (unpaired) electrons. The maximum Gasteiger partial charge on any atom is 0.0255 e. The van der Waals surface area contributed by atoms with Crippen molar-refractivity contribution in [3.8, 4) is 22.3 Å². The third kappa shape index (κ3) is 3.69. The number of benzene rings is 4. The lowest BCUT2D eigenvalue weighted by atomic mass is 9.78. The van der Waals surface area contributed by atoms with Crippen molar-refractivity contribution in [1.29, 1.82) is 0 Å². The molecule has 0 saturated carbocycles. The van der Waals surface area contributed by atoms with Crippen molar-refractivity contribution >= 4 is 0 Å². The summed E-state index contributed by atoms with van der Waals surface area (Å²) in [4.78, 5) is 0.